The minimum atomic E-state index is -3.65. The average Bonchev–Trinajstić information content (AvgIpc) is 2.84. The number of amides is 1. The SMILES string of the molecule is CCc1cc(Br)cc(CC)c1NC(=O)COc1ccc(S(=O)(=O)N(C)Cc2ccccc2)cc1. The first kappa shape index (κ1) is 25.9. The van der Waals surface area contributed by atoms with E-state index in [1.165, 1.54) is 16.4 Å². The molecule has 0 radical (unpaired) electrons. The maximum atomic E-state index is 12.9. The molecule has 34 heavy (non-hydrogen) atoms. The van der Waals surface area contributed by atoms with Crippen molar-refractivity contribution in [2.75, 3.05) is 19.0 Å². The molecule has 0 heterocycles. The largest absolute Gasteiger partial charge is 0.484 e. The highest BCUT2D eigenvalue weighted by atomic mass is 79.9. The molecule has 3 aromatic carbocycles. The van der Waals surface area contributed by atoms with Gasteiger partial charge in [-0.05, 0) is 65.9 Å². The van der Waals surface area contributed by atoms with Crippen molar-refractivity contribution in [3.8, 4) is 5.75 Å². The molecule has 1 N–H and O–H groups in total. The molecule has 3 aromatic rings. The van der Waals surface area contributed by atoms with Crippen LogP contribution < -0.4 is 10.1 Å². The summed E-state index contributed by atoms with van der Waals surface area (Å²) in [6.07, 6.45) is 1.58. The van der Waals surface area contributed by atoms with Gasteiger partial charge in [-0.1, -0.05) is 60.1 Å². The number of aryl methyl sites for hydroxylation is 2. The number of nitrogens with one attached hydrogen (secondary N) is 1. The molecule has 0 aliphatic rings. The molecule has 0 saturated carbocycles. The van der Waals surface area contributed by atoms with Gasteiger partial charge in [0.1, 0.15) is 5.75 Å². The number of nitrogens with zero attached hydrogens (tertiary/aromatic N) is 1. The van der Waals surface area contributed by atoms with Crippen LogP contribution in [0, 0.1) is 0 Å². The van der Waals surface area contributed by atoms with E-state index in [2.05, 4.69) is 21.2 Å². The molecule has 0 fully saturated rings. The van der Waals surface area contributed by atoms with Gasteiger partial charge in [0.25, 0.3) is 5.91 Å². The number of rotatable bonds is 10. The Morgan fingerprint density at radius 2 is 1.56 bits per heavy atom. The summed E-state index contributed by atoms with van der Waals surface area (Å²) in [4.78, 5) is 12.7. The summed E-state index contributed by atoms with van der Waals surface area (Å²) in [6, 6.07) is 19.5. The summed E-state index contributed by atoms with van der Waals surface area (Å²) in [5, 5.41) is 2.96. The van der Waals surface area contributed by atoms with Crippen LogP contribution in [0.2, 0.25) is 0 Å². The Hall–Kier alpha value is -2.68. The van der Waals surface area contributed by atoms with Gasteiger partial charge < -0.3 is 10.1 Å². The number of halogens is 1. The topological polar surface area (TPSA) is 75.7 Å². The van der Waals surface area contributed by atoms with Gasteiger partial charge in [-0.2, -0.15) is 4.31 Å². The second kappa shape index (κ2) is 11.6. The standard InChI is InChI=1S/C26H29BrN2O4S/c1-4-20-15-22(27)16-21(5-2)26(20)28-25(30)18-33-23-11-13-24(14-12-23)34(31,32)29(3)17-19-9-7-6-8-10-19/h6-16H,4-5,17-18H2,1-3H3,(H,28,30). The van der Waals surface area contributed by atoms with Crippen LogP contribution in [0.5, 0.6) is 5.75 Å². The van der Waals surface area contributed by atoms with E-state index >= 15 is 0 Å². The third kappa shape index (κ3) is 6.46. The fourth-order valence-corrected chi connectivity index (χ4v) is 5.29. The zero-order valence-corrected chi connectivity index (χ0v) is 21.9. The first-order valence-corrected chi connectivity index (χ1v) is 13.3. The van der Waals surface area contributed by atoms with Gasteiger partial charge in [0, 0.05) is 23.8 Å². The van der Waals surface area contributed by atoms with Crippen LogP contribution in [0.15, 0.2) is 76.1 Å². The number of anilines is 1. The Balaban J connectivity index is 1.62. The number of benzene rings is 3. The van der Waals surface area contributed by atoms with E-state index in [0.717, 1.165) is 39.7 Å². The van der Waals surface area contributed by atoms with E-state index in [0.29, 0.717) is 5.75 Å². The predicted molar refractivity (Wildman–Crippen MR) is 139 cm³/mol. The van der Waals surface area contributed by atoms with Crippen LogP contribution in [0.3, 0.4) is 0 Å². The summed E-state index contributed by atoms with van der Waals surface area (Å²) < 4.78 is 33.7. The lowest BCUT2D eigenvalue weighted by Gasteiger charge is -2.18. The fraction of sp³-hybridized carbons (Fsp3) is 0.269. The van der Waals surface area contributed by atoms with E-state index in [1.54, 1.807) is 19.2 Å². The van der Waals surface area contributed by atoms with Crippen molar-refractivity contribution < 1.29 is 17.9 Å². The number of carbonyl (C=O) groups excluding carboxylic acids is 1. The van der Waals surface area contributed by atoms with Crippen LogP contribution in [0.4, 0.5) is 5.69 Å². The number of hydrogen-bond donors (Lipinski definition) is 1. The first-order valence-electron chi connectivity index (χ1n) is 11.1. The van der Waals surface area contributed by atoms with Crippen LogP contribution >= 0.6 is 15.9 Å². The van der Waals surface area contributed by atoms with E-state index in [-0.39, 0.29) is 24.0 Å². The quantitative estimate of drug-likeness (QED) is 0.370. The summed E-state index contributed by atoms with van der Waals surface area (Å²) in [7, 11) is -2.10. The van der Waals surface area contributed by atoms with Gasteiger partial charge in [0.15, 0.2) is 6.61 Å². The Bertz CT molecular complexity index is 1200. The van der Waals surface area contributed by atoms with Gasteiger partial charge in [0.2, 0.25) is 10.0 Å². The second-order valence-corrected chi connectivity index (χ2v) is 10.8. The summed E-state index contributed by atoms with van der Waals surface area (Å²) in [5.41, 5.74) is 3.83. The molecule has 0 unspecified atom stereocenters. The molecule has 0 atom stereocenters. The van der Waals surface area contributed by atoms with Crippen molar-refractivity contribution in [2.24, 2.45) is 0 Å². The Morgan fingerprint density at radius 1 is 0.971 bits per heavy atom. The normalized spacial score (nSPS) is 11.4. The van der Waals surface area contributed by atoms with Gasteiger partial charge in [0.05, 0.1) is 4.90 Å². The Kier molecular flexibility index (Phi) is 8.88. The zero-order valence-electron chi connectivity index (χ0n) is 19.5. The highest BCUT2D eigenvalue weighted by molar-refractivity contribution is 9.10. The van der Waals surface area contributed by atoms with Crippen molar-refractivity contribution >= 4 is 37.5 Å². The third-order valence-electron chi connectivity index (χ3n) is 5.44. The molecule has 0 aromatic heterocycles. The molecule has 0 spiro atoms. The third-order valence-corrected chi connectivity index (χ3v) is 7.72. The summed E-state index contributed by atoms with van der Waals surface area (Å²) in [5.74, 6) is 0.146. The lowest BCUT2D eigenvalue weighted by Crippen LogP contribution is -2.26. The van der Waals surface area contributed by atoms with Gasteiger partial charge >= 0.3 is 0 Å². The Labute approximate surface area is 210 Å². The van der Waals surface area contributed by atoms with Gasteiger partial charge in [-0.15, -0.1) is 0 Å². The van der Waals surface area contributed by atoms with E-state index in [1.807, 2.05) is 56.3 Å². The molecule has 3 rings (SSSR count). The maximum Gasteiger partial charge on any atom is 0.262 e. The molecule has 6 nitrogen and oxygen atoms in total. The summed E-state index contributed by atoms with van der Waals surface area (Å²) in [6.45, 7) is 4.18. The highest BCUT2D eigenvalue weighted by Crippen LogP contribution is 2.27. The number of ether oxygens (including phenoxy) is 1. The molecular weight excluding hydrogens is 516 g/mol. The lowest BCUT2D eigenvalue weighted by molar-refractivity contribution is -0.118. The van der Waals surface area contributed by atoms with E-state index in [4.69, 9.17) is 4.74 Å². The molecule has 0 aliphatic heterocycles. The van der Waals surface area contributed by atoms with Crippen LogP contribution in [0.25, 0.3) is 0 Å². The van der Waals surface area contributed by atoms with Gasteiger partial charge in [-0.25, -0.2) is 8.42 Å². The van der Waals surface area contributed by atoms with Crippen LogP contribution in [-0.2, 0) is 34.2 Å². The first-order chi connectivity index (χ1) is 16.2. The lowest BCUT2D eigenvalue weighted by atomic mass is 10.0. The molecule has 8 heteroatoms. The molecule has 1 amide bonds. The number of sulfonamides is 1. The minimum absolute atomic E-state index is 0.165. The van der Waals surface area contributed by atoms with Crippen LogP contribution in [-0.4, -0.2) is 32.3 Å². The average molecular weight is 545 g/mol. The molecular formula is C26H29BrN2O4S. The second-order valence-electron chi connectivity index (χ2n) is 7.86. The predicted octanol–water partition coefficient (Wildman–Crippen LogP) is 5.41. The Morgan fingerprint density at radius 3 is 2.12 bits per heavy atom. The molecule has 0 bridgehead atoms. The molecule has 0 saturated heterocycles. The van der Waals surface area contributed by atoms with Gasteiger partial charge in [-0.3, -0.25) is 4.79 Å². The van der Waals surface area contributed by atoms with Crippen molar-refractivity contribution in [3.63, 3.8) is 0 Å². The number of carbonyl (C=O) groups is 1. The van der Waals surface area contributed by atoms with Crippen LogP contribution in [0.1, 0.15) is 30.5 Å². The van der Waals surface area contributed by atoms with Crippen molar-refractivity contribution in [1.29, 1.82) is 0 Å². The zero-order chi connectivity index (χ0) is 24.7. The minimum Gasteiger partial charge on any atom is -0.484 e. The monoisotopic (exact) mass is 544 g/mol. The van der Waals surface area contributed by atoms with Crippen molar-refractivity contribution in [1.82, 2.24) is 4.31 Å². The van der Waals surface area contributed by atoms with E-state index < -0.39 is 10.0 Å². The number of hydrogen-bond acceptors (Lipinski definition) is 4. The smallest absolute Gasteiger partial charge is 0.262 e. The van der Waals surface area contributed by atoms with Crippen molar-refractivity contribution in [3.05, 3.63) is 87.9 Å². The molecule has 0 aliphatic carbocycles. The summed E-state index contributed by atoms with van der Waals surface area (Å²) >= 11 is 3.52. The highest BCUT2D eigenvalue weighted by Gasteiger charge is 2.21. The maximum absolute atomic E-state index is 12.9. The fourth-order valence-electron chi connectivity index (χ4n) is 3.58. The molecule has 180 valence electrons. The van der Waals surface area contributed by atoms with E-state index in [9.17, 15) is 13.2 Å². The van der Waals surface area contributed by atoms with Crippen molar-refractivity contribution in [2.45, 2.75) is 38.1 Å².